The Hall–Kier alpha value is -3.26. The molecule has 0 radical (unpaired) electrons. The minimum Gasteiger partial charge on any atom is -0.390 e. The van der Waals surface area contributed by atoms with Gasteiger partial charge in [-0.05, 0) is 61.8 Å². The number of nitrogens with zero attached hydrogens (tertiary/aromatic N) is 1. The maximum Gasteiger partial charge on any atom is 0.243 e. The molecule has 0 fully saturated rings. The van der Waals surface area contributed by atoms with Crippen LogP contribution in [0.25, 0.3) is 0 Å². The number of unbranched alkanes of at least 4 members (excludes halogenated alkanes) is 1. The monoisotopic (exact) mass is 603 g/mol. The van der Waals surface area contributed by atoms with E-state index in [2.05, 4.69) is 56.7 Å². The molecular formula is C37H53N3O4. The Labute approximate surface area is 264 Å². The van der Waals surface area contributed by atoms with Gasteiger partial charge in [-0.1, -0.05) is 86.9 Å². The van der Waals surface area contributed by atoms with Crippen LogP contribution >= 0.6 is 0 Å². The first-order valence-corrected chi connectivity index (χ1v) is 16.1. The van der Waals surface area contributed by atoms with Crippen molar-refractivity contribution in [2.45, 2.75) is 96.6 Å². The van der Waals surface area contributed by atoms with Gasteiger partial charge < -0.3 is 25.4 Å². The largest absolute Gasteiger partial charge is 0.390 e. The van der Waals surface area contributed by atoms with E-state index >= 15 is 0 Å². The van der Waals surface area contributed by atoms with Crippen molar-refractivity contribution >= 4 is 11.8 Å². The molecule has 0 aliphatic heterocycles. The quantitative estimate of drug-likeness (QED) is 0.185. The maximum absolute atomic E-state index is 13.8. The third kappa shape index (κ3) is 9.37. The molecule has 2 amide bonds. The van der Waals surface area contributed by atoms with E-state index in [1.54, 1.807) is 24.1 Å². The van der Waals surface area contributed by atoms with Gasteiger partial charge in [0.1, 0.15) is 6.04 Å². The third-order valence-electron chi connectivity index (χ3n) is 8.71. The summed E-state index contributed by atoms with van der Waals surface area (Å²) in [5, 5.41) is 18.3. The standard InChI is InChI=1S/C37H53N3O4/c1-8-11-16-26(5)37(43)40(7)32(15-9-2)36(42)39-31(22-28-17-13-12-14-18-28)33(41)24-38-30-23-34(44-19-10-3)35-27(6)20-25(4)21-29(30)35/h9-10,12-14,17-18,20-21,26,30-34,38,41H,2-3,8,11,15-16,19,22-24H2,1,4-7H3,(H,39,42)/t26?,30-,31+,32?,33-,34+/m1/s1. The number of ether oxygens (including phenoxy) is 1. The van der Waals surface area contributed by atoms with E-state index in [0.717, 1.165) is 31.2 Å². The molecule has 0 aromatic heterocycles. The molecule has 0 bridgehead atoms. The van der Waals surface area contributed by atoms with Crippen LogP contribution in [0.15, 0.2) is 67.8 Å². The van der Waals surface area contributed by atoms with Gasteiger partial charge in [-0.15, -0.1) is 13.2 Å². The summed E-state index contributed by atoms with van der Waals surface area (Å²) in [5.41, 5.74) is 5.78. The molecule has 3 rings (SSSR count). The average Bonchev–Trinajstić information content (AvgIpc) is 3.36. The summed E-state index contributed by atoms with van der Waals surface area (Å²) >= 11 is 0. The van der Waals surface area contributed by atoms with E-state index in [4.69, 9.17) is 4.74 Å². The smallest absolute Gasteiger partial charge is 0.243 e. The van der Waals surface area contributed by atoms with Crippen molar-refractivity contribution in [2.75, 3.05) is 20.2 Å². The summed E-state index contributed by atoms with van der Waals surface area (Å²) in [7, 11) is 1.69. The summed E-state index contributed by atoms with van der Waals surface area (Å²) in [6.07, 6.45) is 6.79. The molecule has 0 saturated heterocycles. The number of hydrogen-bond donors (Lipinski definition) is 3. The first-order valence-electron chi connectivity index (χ1n) is 16.1. The van der Waals surface area contributed by atoms with Crippen LogP contribution in [-0.2, 0) is 20.7 Å². The van der Waals surface area contributed by atoms with Crippen LogP contribution in [0.3, 0.4) is 0 Å². The van der Waals surface area contributed by atoms with Gasteiger partial charge in [0.15, 0.2) is 0 Å². The van der Waals surface area contributed by atoms with E-state index < -0.39 is 18.2 Å². The molecule has 0 spiro atoms. The molecule has 1 aliphatic carbocycles. The molecule has 240 valence electrons. The number of carbonyl (C=O) groups is 2. The normalized spacial score (nSPS) is 18.5. The van der Waals surface area contributed by atoms with Gasteiger partial charge in [0.05, 0.1) is 24.9 Å². The van der Waals surface area contributed by atoms with Crippen molar-refractivity contribution in [3.63, 3.8) is 0 Å². The summed E-state index contributed by atoms with van der Waals surface area (Å²) < 4.78 is 6.13. The van der Waals surface area contributed by atoms with Crippen molar-refractivity contribution in [3.8, 4) is 0 Å². The minimum atomic E-state index is -0.879. The Morgan fingerprint density at radius 1 is 1.16 bits per heavy atom. The fourth-order valence-electron chi connectivity index (χ4n) is 6.30. The van der Waals surface area contributed by atoms with Crippen LogP contribution in [0, 0.1) is 19.8 Å². The SMILES string of the molecule is C=CCO[C@H]1C[C@@H](NC[C@@H](O)[C@H](Cc2ccccc2)NC(=O)C(CC=C)N(C)C(=O)C(C)CCCC)c2cc(C)cc(C)c21. The summed E-state index contributed by atoms with van der Waals surface area (Å²) in [4.78, 5) is 28.5. The van der Waals surface area contributed by atoms with E-state index in [9.17, 15) is 14.7 Å². The molecule has 7 heteroatoms. The van der Waals surface area contributed by atoms with Crippen molar-refractivity contribution in [1.29, 1.82) is 0 Å². The Morgan fingerprint density at radius 2 is 1.89 bits per heavy atom. The second kappa shape index (κ2) is 17.3. The van der Waals surface area contributed by atoms with Gasteiger partial charge in [0.2, 0.25) is 11.8 Å². The van der Waals surface area contributed by atoms with Gasteiger partial charge in [-0.2, -0.15) is 0 Å². The molecular weight excluding hydrogens is 550 g/mol. The molecule has 2 aromatic carbocycles. The number of carbonyl (C=O) groups excluding carboxylic acids is 2. The number of nitrogens with one attached hydrogen (secondary N) is 2. The molecule has 2 unspecified atom stereocenters. The highest BCUT2D eigenvalue weighted by Crippen LogP contribution is 2.43. The molecule has 1 aliphatic rings. The summed E-state index contributed by atoms with van der Waals surface area (Å²) in [6, 6.07) is 12.9. The fourth-order valence-corrected chi connectivity index (χ4v) is 6.30. The summed E-state index contributed by atoms with van der Waals surface area (Å²) in [6.45, 7) is 16.6. The van der Waals surface area contributed by atoms with Crippen molar-refractivity contribution in [1.82, 2.24) is 15.5 Å². The van der Waals surface area contributed by atoms with E-state index in [0.29, 0.717) is 19.4 Å². The zero-order valence-corrected chi connectivity index (χ0v) is 27.4. The first kappa shape index (κ1) is 35.2. The second-order valence-electron chi connectivity index (χ2n) is 12.3. The lowest BCUT2D eigenvalue weighted by Gasteiger charge is -2.32. The van der Waals surface area contributed by atoms with Gasteiger partial charge in [-0.3, -0.25) is 9.59 Å². The van der Waals surface area contributed by atoms with Gasteiger partial charge >= 0.3 is 0 Å². The molecule has 44 heavy (non-hydrogen) atoms. The van der Waals surface area contributed by atoms with Crippen LogP contribution < -0.4 is 10.6 Å². The Bertz CT molecular complexity index is 1250. The Balaban J connectivity index is 1.78. The predicted octanol–water partition coefficient (Wildman–Crippen LogP) is 5.90. The van der Waals surface area contributed by atoms with Crippen LogP contribution in [0.4, 0.5) is 0 Å². The number of aliphatic hydroxyl groups excluding tert-OH is 1. The molecule has 6 atom stereocenters. The molecule has 0 heterocycles. The second-order valence-corrected chi connectivity index (χ2v) is 12.3. The zero-order chi connectivity index (χ0) is 32.2. The fraction of sp³-hybridized carbons (Fsp3) is 0.514. The highest BCUT2D eigenvalue weighted by Gasteiger charge is 2.35. The van der Waals surface area contributed by atoms with E-state index in [-0.39, 0.29) is 36.4 Å². The molecule has 3 N–H and O–H groups in total. The van der Waals surface area contributed by atoms with Crippen LogP contribution in [0.5, 0.6) is 0 Å². The Morgan fingerprint density at radius 3 is 2.55 bits per heavy atom. The lowest BCUT2D eigenvalue weighted by molar-refractivity contribution is -0.142. The Kier molecular flexibility index (Phi) is 13.8. The summed E-state index contributed by atoms with van der Waals surface area (Å²) in [5.74, 6) is -0.518. The van der Waals surface area contributed by atoms with E-state index in [1.807, 2.05) is 37.3 Å². The predicted molar refractivity (Wildman–Crippen MR) is 178 cm³/mol. The number of rotatable bonds is 18. The van der Waals surface area contributed by atoms with E-state index in [1.165, 1.54) is 22.3 Å². The van der Waals surface area contributed by atoms with Crippen LogP contribution in [0.1, 0.15) is 85.9 Å². The number of likely N-dealkylation sites (N-methyl/N-ethyl adjacent to an activating group) is 1. The number of aliphatic hydroxyl groups is 1. The lowest BCUT2D eigenvalue weighted by Crippen LogP contribution is -2.55. The lowest BCUT2D eigenvalue weighted by atomic mass is 9.98. The van der Waals surface area contributed by atoms with Crippen molar-refractivity contribution in [2.24, 2.45) is 5.92 Å². The number of aryl methyl sites for hydroxylation is 2. The topological polar surface area (TPSA) is 90.9 Å². The average molecular weight is 604 g/mol. The number of hydrogen-bond acceptors (Lipinski definition) is 5. The molecule has 2 aromatic rings. The zero-order valence-electron chi connectivity index (χ0n) is 27.4. The van der Waals surface area contributed by atoms with Crippen molar-refractivity contribution < 1.29 is 19.4 Å². The molecule has 7 nitrogen and oxygen atoms in total. The van der Waals surface area contributed by atoms with Crippen LogP contribution in [-0.4, -0.2) is 60.2 Å². The maximum atomic E-state index is 13.8. The van der Waals surface area contributed by atoms with Crippen LogP contribution in [0.2, 0.25) is 0 Å². The van der Waals surface area contributed by atoms with Gasteiger partial charge in [0.25, 0.3) is 0 Å². The van der Waals surface area contributed by atoms with Crippen molar-refractivity contribution in [3.05, 3.63) is 95.6 Å². The number of benzene rings is 2. The van der Waals surface area contributed by atoms with Gasteiger partial charge in [-0.25, -0.2) is 0 Å². The minimum absolute atomic E-state index is 0.00280. The highest BCUT2D eigenvalue weighted by molar-refractivity contribution is 5.88. The number of fused-ring (bicyclic) bond motifs is 1. The first-order chi connectivity index (χ1) is 21.1. The molecule has 0 saturated carbocycles. The highest BCUT2D eigenvalue weighted by atomic mass is 16.5. The third-order valence-corrected chi connectivity index (χ3v) is 8.71. The number of amides is 2. The van der Waals surface area contributed by atoms with Gasteiger partial charge in [0, 0.05) is 25.6 Å².